The van der Waals surface area contributed by atoms with Gasteiger partial charge in [-0.2, -0.15) is 0 Å². The average molecular weight is 267 g/mol. The van der Waals surface area contributed by atoms with E-state index in [1.807, 2.05) is 0 Å². The molecule has 0 aromatic carbocycles. The number of hydrogen-bond acceptors (Lipinski definition) is 2. The van der Waals surface area contributed by atoms with E-state index >= 15 is 0 Å². The molecule has 112 valence electrons. The molecule has 2 N–H and O–H groups in total. The van der Waals surface area contributed by atoms with E-state index in [0.29, 0.717) is 6.04 Å². The molecule has 2 aliphatic carbocycles. The van der Waals surface area contributed by atoms with Crippen molar-refractivity contribution in [2.24, 2.45) is 23.5 Å². The van der Waals surface area contributed by atoms with Crippen LogP contribution in [0.15, 0.2) is 0 Å². The van der Waals surface area contributed by atoms with Crippen molar-refractivity contribution in [1.82, 2.24) is 0 Å². The number of nitrogens with two attached hydrogens (primary N) is 1. The van der Waals surface area contributed by atoms with Crippen molar-refractivity contribution in [3.8, 4) is 0 Å². The van der Waals surface area contributed by atoms with Crippen molar-refractivity contribution in [1.29, 1.82) is 0 Å². The lowest BCUT2D eigenvalue weighted by molar-refractivity contribution is 0.00942. The maximum Gasteiger partial charge on any atom is 0.0623 e. The highest BCUT2D eigenvalue weighted by Gasteiger charge is 2.34. The summed E-state index contributed by atoms with van der Waals surface area (Å²) in [5.41, 5.74) is 6.46. The first-order valence-corrected chi connectivity index (χ1v) is 8.32. The highest BCUT2D eigenvalue weighted by molar-refractivity contribution is 4.87. The van der Waals surface area contributed by atoms with Crippen LogP contribution < -0.4 is 5.73 Å². The second-order valence-electron chi connectivity index (χ2n) is 7.54. The lowest BCUT2D eigenvalue weighted by Crippen LogP contribution is -2.39. The molecule has 19 heavy (non-hydrogen) atoms. The fraction of sp³-hybridized carbons (Fsp3) is 1.00. The van der Waals surface area contributed by atoms with E-state index in [0.717, 1.165) is 30.6 Å². The van der Waals surface area contributed by atoms with Crippen LogP contribution in [0.2, 0.25) is 0 Å². The van der Waals surface area contributed by atoms with E-state index in [9.17, 15) is 0 Å². The standard InChI is InChI=1S/C17H33NO/c1-17(2,19-3)11-10-16(18)15-9-8-13-6-4-5-7-14(13)12-15/h13-16H,4-12,18H2,1-3H3. The van der Waals surface area contributed by atoms with Crippen LogP contribution in [-0.2, 0) is 4.74 Å². The Morgan fingerprint density at radius 3 is 2.47 bits per heavy atom. The maximum absolute atomic E-state index is 6.48. The Morgan fingerprint density at radius 2 is 1.79 bits per heavy atom. The third-order valence-electron chi connectivity index (χ3n) is 5.82. The Labute approximate surface area is 119 Å². The molecule has 0 saturated heterocycles. The van der Waals surface area contributed by atoms with Crippen molar-refractivity contribution in [3.05, 3.63) is 0 Å². The van der Waals surface area contributed by atoms with Gasteiger partial charge in [0.2, 0.25) is 0 Å². The molecule has 2 heteroatoms. The second kappa shape index (κ2) is 6.58. The molecule has 2 fully saturated rings. The fourth-order valence-electron chi connectivity index (χ4n) is 4.15. The minimum Gasteiger partial charge on any atom is -0.379 e. The summed E-state index contributed by atoms with van der Waals surface area (Å²) < 4.78 is 5.51. The van der Waals surface area contributed by atoms with Crippen LogP contribution in [0.3, 0.4) is 0 Å². The van der Waals surface area contributed by atoms with Crippen molar-refractivity contribution < 1.29 is 4.74 Å². The predicted octanol–water partition coefficient (Wildman–Crippen LogP) is 4.13. The molecule has 2 saturated carbocycles. The summed E-state index contributed by atoms with van der Waals surface area (Å²) in [6.07, 6.45) is 12.3. The van der Waals surface area contributed by atoms with Gasteiger partial charge in [-0.1, -0.05) is 25.7 Å². The third-order valence-corrected chi connectivity index (χ3v) is 5.82. The Kier molecular flexibility index (Phi) is 5.30. The highest BCUT2D eigenvalue weighted by atomic mass is 16.5. The largest absolute Gasteiger partial charge is 0.379 e. The summed E-state index contributed by atoms with van der Waals surface area (Å²) in [6.45, 7) is 4.33. The van der Waals surface area contributed by atoms with Gasteiger partial charge in [0.15, 0.2) is 0 Å². The monoisotopic (exact) mass is 267 g/mol. The summed E-state index contributed by atoms with van der Waals surface area (Å²) in [5.74, 6) is 2.80. The van der Waals surface area contributed by atoms with Crippen molar-refractivity contribution >= 4 is 0 Å². The second-order valence-corrected chi connectivity index (χ2v) is 7.54. The topological polar surface area (TPSA) is 35.2 Å². The molecule has 2 aliphatic rings. The molecule has 2 rings (SSSR count). The van der Waals surface area contributed by atoms with Gasteiger partial charge in [-0.25, -0.2) is 0 Å². The van der Waals surface area contributed by atoms with Crippen LogP contribution in [0.25, 0.3) is 0 Å². The Bertz CT molecular complexity index is 276. The number of hydrogen-bond donors (Lipinski definition) is 1. The molecule has 2 nitrogen and oxygen atoms in total. The van der Waals surface area contributed by atoms with Crippen molar-refractivity contribution in [2.75, 3.05) is 7.11 Å². The predicted molar refractivity (Wildman–Crippen MR) is 81.1 cm³/mol. The van der Waals surface area contributed by atoms with Crippen LogP contribution in [-0.4, -0.2) is 18.8 Å². The molecule has 0 bridgehead atoms. The summed E-state index contributed by atoms with van der Waals surface area (Å²) >= 11 is 0. The molecule has 0 radical (unpaired) electrons. The fourth-order valence-corrected chi connectivity index (χ4v) is 4.15. The van der Waals surface area contributed by atoms with E-state index in [1.54, 1.807) is 7.11 Å². The number of fused-ring (bicyclic) bond motifs is 1. The van der Waals surface area contributed by atoms with E-state index in [1.165, 1.54) is 44.9 Å². The minimum atomic E-state index is -0.0142. The van der Waals surface area contributed by atoms with Crippen LogP contribution in [0.4, 0.5) is 0 Å². The normalized spacial score (nSPS) is 33.8. The van der Waals surface area contributed by atoms with Crippen LogP contribution >= 0.6 is 0 Å². The average Bonchev–Trinajstić information content (AvgIpc) is 2.44. The molecule has 4 unspecified atom stereocenters. The summed E-state index contributed by atoms with van der Waals surface area (Å²) in [5, 5.41) is 0. The molecule has 0 aliphatic heterocycles. The quantitative estimate of drug-likeness (QED) is 0.813. The van der Waals surface area contributed by atoms with Gasteiger partial charge in [0.1, 0.15) is 0 Å². The third kappa shape index (κ3) is 4.19. The van der Waals surface area contributed by atoms with Crippen LogP contribution in [0, 0.1) is 17.8 Å². The van der Waals surface area contributed by atoms with E-state index in [2.05, 4.69) is 13.8 Å². The molecule has 4 atom stereocenters. The Hall–Kier alpha value is -0.0800. The van der Waals surface area contributed by atoms with Gasteiger partial charge in [0.05, 0.1) is 5.60 Å². The molecule has 0 spiro atoms. The lowest BCUT2D eigenvalue weighted by Gasteiger charge is -2.41. The first-order chi connectivity index (χ1) is 9.02. The minimum absolute atomic E-state index is 0.0142. The zero-order valence-corrected chi connectivity index (χ0v) is 13.2. The molecule has 0 aromatic heterocycles. The van der Waals surface area contributed by atoms with Crippen molar-refractivity contribution in [3.63, 3.8) is 0 Å². The molecule has 0 amide bonds. The zero-order chi connectivity index (χ0) is 13.9. The number of methoxy groups -OCH3 is 1. The number of ether oxygens (including phenoxy) is 1. The van der Waals surface area contributed by atoms with Gasteiger partial charge in [0.25, 0.3) is 0 Å². The SMILES string of the molecule is COC(C)(C)CCC(N)C1CCC2CCCCC2C1. The molecular weight excluding hydrogens is 234 g/mol. The first kappa shape index (κ1) is 15.3. The van der Waals surface area contributed by atoms with Gasteiger partial charge in [-0.3, -0.25) is 0 Å². The Morgan fingerprint density at radius 1 is 1.11 bits per heavy atom. The molecular formula is C17H33NO. The number of rotatable bonds is 5. The van der Waals surface area contributed by atoms with Gasteiger partial charge < -0.3 is 10.5 Å². The van der Waals surface area contributed by atoms with Gasteiger partial charge in [0, 0.05) is 13.2 Å². The molecule has 0 heterocycles. The van der Waals surface area contributed by atoms with E-state index < -0.39 is 0 Å². The van der Waals surface area contributed by atoms with Crippen molar-refractivity contribution in [2.45, 2.75) is 83.3 Å². The summed E-state index contributed by atoms with van der Waals surface area (Å²) in [4.78, 5) is 0. The van der Waals surface area contributed by atoms with Gasteiger partial charge in [-0.05, 0) is 63.7 Å². The van der Waals surface area contributed by atoms with E-state index in [4.69, 9.17) is 10.5 Å². The van der Waals surface area contributed by atoms with Crippen LogP contribution in [0.5, 0.6) is 0 Å². The smallest absolute Gasteiger partial charge is 0.0623 e. The lowest BCUT2D eigenvalue weighted by atomic mass is 9.66. The Balaban J connectivity index is 1.78. The first-order valence-electron chi connectivity index (χ1n) is 8.32. The summed E-state index contributed by atoms with van der Waals surface area (Å²) in [7, 11) is 1.80. The van der Waals surface area contributed by atoms with Gasteiger partial charge >= 0.3 is 0 Å². The van der Waals surface area contributed by atoms with E-state index in [-0.39, 0.29) is 5.60 Å². The molecule has 0 aromatic rings. The zero-order valence-electron chi connectivity index (χ0n) is 13.2. The highest BCUT2D eigenvalue weighted by Crippen LogP contribution is 2.43. The van der Waals surface area contributed by atoms with Crippen LogP contribution in [0.1, 0.15) is 71.6 Å². The van der Waals surface area contributed by atoms with Gasteiger partial charge in [-0.15, -0.1) is 0 Å². The summed E-state index contributed by atoms with van der Waals surface area (Å²) in [6, 6.07) is 0.386. The maximum atomic E-state index is 6.48.